The smallest absolute Gasteiger partial charge is 0.255 e. The number of benzene rings is 3. The minimum absolute atomic E-state index is 0.145. The van der Waals surface area contributed by atoms with Crippen molar-refractivity contribution in [2.24, 2.45) is 0 Å². The van der Waals surface area contributed by atoms with Crippen molar-refractivity contribution in [1.29, 1.82) is 0 Å². The van der Waals surface area contributed by atoms with Crippen molar-refractivity contribution in [2.45, 2.75) is 0 Å². The van der Waals surface area contributed by atoms with Gasteiger partial charge in [0.25, 0.3) is 5.91 Å². The molecule has 3 aromatic carbocycles. The first-order valence-corrected chi connectivity index (χ1v) is 9.09. The zero-order chi connectivity index (χ0) is 17.8. The van der Waals surface area contributed by atoms with Crippen LogP contribution in [0.15, 0.2) is 81.7 Å². The van der Waals surface area contributed by atoms with Crippen LogP contribution in [0.25, 0.3) is 0 Å². The monoisotopic (exact) mass is 457 g/mol. The molecular formula is C20H13Br2NO2. The van der Waals surface area contributed by atoms with Crippen molar-refractivity contribution in [3.63, 3.8) is 0 Å². The number of anilines is 1. The second-order valence-corrected chi connectivity index (χ2v) is 7.18. The molecule has 3 aromatic rings. The van der Waals surface area contributed by atoms with Crippen LogP contribution in [0.5, 0.6) is 0 Å². The fourth-order valence-corrected chi connectivity index (χ4v) is 2.98. The van der Waals surface area contributed by atoms with Gasteiger partial charge < -0.3 is 5.32 Å². The third kappa shape index (κ3) is 4.24. The highest BCUT2D eigenvalue weighted by atomic mass is 79.9. The Hall–Kier alpha value is -2.24. The molecule has 3 nitrogen and oxygen atoms in total. The van der Waals surface area contributed by atoms with Crippen molar-refractivity contribution in [3.05, 3.63) is 98.4 Å². The lowest BCUT2D eigenvalue weighted by molar-refractivity contribution is 0.102. The number of carbonyl (C=O) groups excluding carboxylic acids is 2. The maximum Gasteiger partial charge on any atom is 0.255 e. The molecule has 25 heavy (non-hydrogen) atoms. The quantitative estimate of drug-likeness (QED) is 0.510. The predicted octanol–water partition coefficient (Wildman–Crippen LogP) is 5.69. The number of carbonyl (C=O) groups is 2. The zero-order valence-corrected chi connectivity index (χ0v) is 16.2. The van der Waals surface area contributed by atoms with E-state index in [0.29, 0.717) is 22.4 Å². The number of ketones is 1. The average Bonchev–Trinajstić information content (AvgIpc) is 2.64. The van der Waals surface area contributed by atoms with Crippen LogP contribution in [0, 0.1) is 0 Å². The Balaban J connectivity index is 1.93. The minimum atomic E-state index is -0.267. The highest BCUT2D eigenvalue weighted by molar-refractivity contribution is 9.10. The van der Waals surface area contributed by atoms with Gasteiger partial charge in [-0.1, -0.05) is 62.2 Å². The van der Waals surface area contributed by atoms with Gasteiger partial charge in [0, 0.05) is 25.6 Å². The molecule has 124 valence electrons. The molecule has 0 radical (unpaired) electrons. The van der Waals surface area contributed by atoms with Crippen LogP contribution in [0.2, 0.25) is 0 Å². The normalized spacial score (nSPS) is 10.3. The largest absolute Gasteiger partial charge is 0.321 e. The predicted molar refractivity (Wildman–Crippen MR) is 106 cm³/mol. The summed E-state index contributed by atoms with van der Waals surface area (Å²) in [6, 6.07) is 21.2. The van der Waals surface area contributed by atoms with E-state index in [1.165, 1.54) is 0 Å². The molecule has 0 aliphatic rings. The molecule has 0 aliphatic heterocycles. The molecule has 5 heteroatoms. The molecule has 0 heterocycles. The molecule has 0 unspecified atom stereocenters. The fourth-order valence-electron chi connectivity index (χ4n) is 2.35. The first-order valence-electron chi connectivity index (χ1n) is 7.51. The Morgan fingerprint density at radius 1 is 0.720 bits per heavy atom. The van der Waals surface area contributed by atoms with Crippen molar-refractivity contribution in [2.75, 3.05) is 5.32 Å². The van der Waals surface area contributed by atoms with Gasteiger partial charge in [0.2, 0.25) is 0 Å². The molecule has 0 atom stereocenters. The maximum absolute atomic E-state index is 12.8. The molecule has 0 aliphatic carbocycles. The Bertz CT molecular complexity index is 922. The van der Waals surface area contributed by atoms with Crippen LogP contribution in [0.3, 0.4) is 0 Å². The van der Waals surface area contributed by atoms with Crippen molar-refractivity contribution in [1.82, 2.24) is 0 Å². The number of amides is 1. The first kappa shape index (κ1) is 17.6. The highest BCUT2D eigenvalue weighted by Crippen LogP contribution is 2.25. The molecule has 0 saturated heterocycles. The van der Waals surface area contributed by atoms with Crippen molar-refractivity contribution < 1.29 is 9.59 Å². The zero-order valence-electron chi connectivity index (χ0n) is 13.0. The standard InChI is InChI=1S/C20H13Br2NO2/c21-15-8-6-14(7-9-15)20(25)23-18-11-10-16(22)12-17(18)19(24)13-4-2-1-3-5-13/h1-12H,(H,23,25). The summed E-state index contributed by atoms with van der Waals surface area (Å²) in [6.07, 6.45) is 0. The van der Waals surface area contributed by atoms with Gasteiger partial charge in [0.1, 0.15) is 0 Å². The van der Waals surface area contributed by atoms with Crippen LogP contribution < -0.4 is 5.32 Å². The van der Waals surface area contributed by atoms with E-state index in [1.54, 1.807) is 54.6 Å². The van der Waals surface area contributed by atoms with Crippen LogP contribution in [-0.2, 0) is 0 Å². The number of nitrogens with one attached hydrogen (secondary N) is 1. The van der Waals surface area contributed by atoms with E-state index < -0.39 is 0 Å². The molecule has 3 rings (SSSR count). The van der Waals surface area contributed by atoms with Crippen molar-refractivity contribution in [3.8, 4) is 0 Å². The summed E-state index contributed by atoms with van der Waals surface area (Å²) in [5, 5.41) is 2.83. The molecule has 0 spiro atoms. The van der Waals surface area contributed by atoms with Gasteiger partial charge in [-0.05, 0) is 42.5 Å². The Morgan fingerprint density at radius 2 is 1.36 bits per heavy atom. The van der Waals surface area contributed by atoms with E-state index in [2.05, 4.69) is 37.2 Å². The fraction of sp³-hybridized carbons (Fsp3) is 0. The minimum Gasteiger partial charge on any atom is -0.321 e. The summed E-state index contributed by atoms with van der Waals surface area (Å²) in [5.41, 5.74) is 2.00. The third-order valence-corrected chi connectivity index (χ3v) is 4.64. The topological polar surface area (TPSA) is 46.2 Å². The summed E-state index contributed by atoms with van der Waals surface area (Å²) < 4.78 is 1.67. The van der Waals surface area contributed by atoms with Crippen LogP contribution in [0.4, 0.5) is 5.69 Å². The van der Waals surface area contributed by atoms with E-state index in [-0.39, 0.29) is 11.7 Å². The van der Waals surface area contributed by atoms with E-state index in [4.69, 9.17) is 0 Å². The first-order chi connectivity index (χ1) is 12.0. The van der Waals surface area contributed by atoms with Crippen LogP contribution in [0.1, 0.15) is 26.3 Å². The van der Waals surface area contributed by atoms with Gasteiger partial charge in [0.05, 0.1) is 5.69 Å². The van der Waals surface area contributed by atoms with Gasteiger partial charge in [0.15, 0.2) is 5.78 Å². The maximum atomic E-state index is 12.8. The lowest BCUT2D eigenvalue weighted by Gasteiger charge is -2.11. The molecular weight excluding hydrogens is 446 g/mol. The summed E-state index contributed by atoms with van der Waals surface area (Å²) in [6.45, 7) is 0. The van der Waals surface area contributed by atoms with E-state index in [0.717, 1.165) is 8.95 Å². The van der Waals surface area contributed by atoms with Crippen LogP contribution >= 0.6 is 31.9 Å². The molecule has 1 N–H and O–H groups in total. The van der Waals surface area contributed by atoms with Gasteiger partial charge in [-0.2, -0.15) is 0 Å². The average molecular weight is 459 g/mol. The van der Waals surface area contributed by atoms with E-state index in [9.17, 15) is 9.59 Å². The second kappa shape index (κ2) is 7.76. The summed E-state index contributed by atoms with van der Waals surface area (Å²) in [5.74, 6) is -0.412. The number of halogens is 2. The van der Waals surface area contributed by atoms with Crippen LogP contribution in [-0.4, -0.2) is 11.7 Å². The second-order valence-electron chi connectivity index (χ2n) is 5.35. The Morgan fingerprint density at radius 3 is 2.04 bits per heavy atom. The Labute approximate surface area is 162 Å². The summed E-state index contributed by atoms with van der Waals surface area (Å²) in [7, 11) is 0. The molecule has 1 amide bonds. The van der Waals surface area contributed by atoms with Gasteiger partial charge in [-0.25, -0.2) is 0 Å². The van der Waals surface area contributed by atoms with Gasteiger partial charge in [-0.15, -0.1) is 0 Å². The summed E-state index contributed by atoms with van der Waals surface area (Å²) >= 11 is 6.73. The SMILES string of the molecule is O=C(Nc1ccc(Br)cc1C(=O)c1ccccc1)c1ccc(Br)cc1. The number of hydrogen-bond acceptors (Lipinski definition) is 2. The van der Waals surface area contributed by atoms with Gasteiger partial charge >= 0.3 is 0 Å². The molecule has 0 fully saturated rings. The lowest BCUT2D eigenvalue weighted by atomic mass is 10.0. The van der Waals surface area contributed by atoms with Crippen molar-refractivity contribution >= 4 is 49.2 Å². The summed E-state index contributed by atoms with van der Waals surface area (Å²) in [4.78, 5) is 25.3. The highest BCUT2D eigenvalue weighted by Gasteiger charge is 2.16. The molecule has 0 saturated carbocycles. The van der Waals surface area contributed by atoms with E-state index in [1.807, 2.05) is 18.2 Å². The third-order valence-electron chi connectivity index (χ3n) is 3.62. The molecule has 0 bridgehead atoms. The van der Waals surface area contributed by atoms with E-state index >= 15 is 0 Å². The number of hydrogen-bond donors (Lipinski definition) is 1. The Kier molecular flexibility index (Phi) is 5.46. The number of rotatable bonds is 4. The lowest BCUT2D eigenvalue weighted by Crippen LogP contribution is -2.15. The van der Waals surface area contributed by atoms with Gasteiger partial charge in [-0.3, -0.25) is 9.59 Å². The molecule has 0 aromatic heterocycles.